The fraction of sp³-hybridized carbons (Fsp3) is 0.538. The smallest absolute Gasteiger partial charge is 0.126 e. The number of rotatable bonds is 3. The minimum Gasteiger partial charge on any atom is -0.392 e. The number of hydrogen-bond donors (Lipinski definition) is 2. The standard InChI is InChI=1S/C13H17F2NO/c14-11-1-2-12(15)10(7-11)8-13(17)9-3-5-16-6-4-9/h1-2,7,9,13,16-17H,3-6,8H2. The van der Waals surface area contributed by atoms with Gasteiger partial charge >= 0.3 is 0 Å². The molecular weight excluding hydrogens is 224 g/mol. The summed E-state index contributed by atoms with van der Waals surface area (Å²) in [4.78, 5) is 0. The third-order valence-electron chi connectivity index (χ3n) is 3.36. The first-order chi connectivity index (χ1) is 8.16. The second kappa shape index (κ2) is 5.56. The van der Waals surface area contributed by atoms with Crippen LogP contribution in [-0.2, 0) is 6.42 Å². The lowest BCUT2D eigenvalue weighted by Gasteiger charge is -2.27. The summed E-state index contributed by atoms with van der Waals surface area (Å²) in [6.07, 6.45) is 1.37. The first kappa shape index (κ1) is 12.5. The van der Waals surface area contributed by atoms with Gasteiger partial charge in [-0.2, -0.15) is 0 Å². The summed E-state index contributed by atoms with van der Waals surface area (Å²) in [7, 11) is 0. The maximum atomic E-state index is 13.4. The van der Waals surface area contributed by atoms with E-state index in [1.807, 2.05) is 0 Å². The molecule has 1 aliphatic rings. The molecule has 1 aliphatic heterocycles. The Bertz CT molecular complexity index is 378. The van der Waals surface area contributed by atoms with E-state index in [9.17, 15) is 13.9 Å². The second-order valence-corrected chi connectivity index (χ2v) is 4.59. The van der Waals surface area contributed by atoms with E-state index >= 15 is 0 Å². The van der Waals surface area contributed by atoms with Gasteiger partial charge in [0.25, 0.3) is 0 Å². The van der Waals surface area contributed by atoms with Crippen molar-refractivity contribution in [2.45, 2.75) is 25.4 Å². The van der Waals surface area contributed by atoms with E-state index in [2.05, 4.69) is 5.32 Å². The van der Waals surface area contributed by atoms with E-state index in [4.69, 9.17) is 0 Å². The predicted octanol–water partition coefficient (Wildman–Crippen LogP) is 1.87. The van der Waals surface area contributed by atoms with Crippen molar-refractivity contribution < 1.29 is 13.9 Å². The van der Waals surface area contributed by atoms with Crippen LogP contribution < -0.4 is 5.32 Å². The highest BCUT2D eigenvalue weighted by Gasteiger charge is 2.22. The number of hydrogen-bond acceptors (Lipinski definition) is 2. The maximum Gasteiger partial charge on any atom is 0.126 e. The highest BCUT2D eigenvalue weighted by molar-refractivity contribution is 5.19. The Kier molecular flexibility index (Phi) is 4.07. The van der Waals surface area contributed by atoms with Gasteiger partial charge in [0, 0.05) is 6.42 Å². The SMILES string of the molecule is OC(Cc1cc(F)ccc1F)C1CCNCC1. The van der Waals surface area contributed by atoms with Crippen LogP contribution in [0.3, 0.4) is 0 Å². The molecule has 1 saturated heterocycles. The van der Waals surface area contributed by atoms with Crippen LogP contribution in [0.25, 0.3) is 0 Å². The van der Waals surface area contributed by atoms with Crippen LogP contribution in [-0.4, -0.2) is 24.3 Å². The molecule has 4 heteroatoms. The molecule has 0 spiro atoms. The third-order valence-corrected chi connectivity index (χ3v) is 3.36. The number of halogens is 2. The summed E-state index contributed by atoms with van der Waals surface area (Å²) in [5.74, 6) is -0.725. The van der Waals surface area contributed by atoms with E-state index < -0.39 is 17.7 Å². The highest BCUT2D eigenvalue weighted by atomic mass is 19.1. The Balaban J connectivity index is 2.01. The van der Waals surface area contributed by atoms with Gasteiger partial charge in [0.2, 0.25) is 0 Å². The lowest BCUT2D eigenvalue weighted by Crippen LogP contribution is -2.35. The van der Waals surface area contributed by atoms with E-state index in [-0.39, 0.29) is 17.9 Å². The quantitative estimate of drug-likeness (QED) is 0.846. The van der Waals surface area contributed by atoms with Crippen LogP contribution in [0, 0.1) is 17.6 Å². The van der Waals surface area contributed by atoms with Crippen LogP contribution >= 0.6 is 0 Å². The van der Waals surface area contributed by atoms with Gasteiger partial charge in [-0.25, -0.2) is 8.78 Å². The monoisotopic (exact) mass is 241 g/mol. The lowest BCUT2D eigenvalue weighted by atomic mass is 9.88. The molecular formula is C13H17F2NO. The van der Waals surface area contributed by atoms with Gasteiger partial charge in [0.1, 0.15) is 11.6 Å². The normalized spacial score (nSPS) is 19.2. The van der Waals surface area contributed by atoms with Gasteiger partial charge < -0.3 is 10.4 Å². The maximum absolute atomic E-state index is 13.4. The Morgan fingerprint density at radius 3 is 2.71 bits per heavy atom. The molecule has 1 aromatic rings. The number of aliphatic hydroxyl groups is 1. The molecule has 2 rings (SSSR count). The van der Waals surface area contributed by atoms with Gasteiger partial charge in [0.15, 0.2) is 0 Å². The molecule has 17 heavy (non-hydrogen) atoms. The van der Waals surface area contributed by atoms with Crippen molar-refractivity contribution >= 4 is 0 Å². The van der Waals surface area contributed by atoms with E-state index in [1.54, 1.807) is 0 Å². The molecule has 1 atom stereocenters. The first-order valence-corrected chi connectivity index (χ1v) is 5.99. The van der Waals surface area contributed by atoms with E-state index in [0.717, 1.165) is 38.1 Å². The van der Waals surface area contributed by atoms with Crippen LogP contribution in [0.5, 0.6) is 0 Å². The molecule has 2 N–H and O–H groups in total. The van der Waals surface area contributed by atoms with Crippen molar-refractivity contribution in [2.75, 3.05) is 13.1 Å². The number of benzene rings is 1. The largest absolute Gasteiger partial charge is 0.392 e. The summed E-state index contributed by atoms with van der Waals surface area (Å²) in [5, 5.41) is 13.2. The minimum atomic E-state index is -0.589. The Hall–Kier alpha value is -1.00. The molecule has 1 heterocycles. The molecule has 1 unspecified atom stereocenters. The number of piperidine rings is 1. The highest BCUT2D eigenvalue weighted by Crippen LogP contribution is 2.21. The van der Waals surface area contributed by atoms with Crippen molar-refractivity contribution in [1.29, 1.82) is 0 Å². The number of nitrogens with one attached hydrogen (secondary N) is 1. The van der Waals surface area contributed by atoms with Crippen molar-refractivity contribution in [3.63, 3.8) is 0 Å². The molecule has 2 nitrogen and oxygen atoms in total. The average molecular weight is 241 g/mol. The summed E-state index contributed by atoms with van der Waals surface area (Å²) < 4.78 is 26.4. The van der Waals surface area contributed by atoms with Crippen LogP contribution in [0.1, 0.15) is 18.4 Å². The zero-order chi connectivity index (χ0) is 12.3. The summed E-state index contributed by atoms with van der Waals surface area (Å²) in [5.41, 5.74) is 0.260. The van der Waals surface area contributed by atoms with Crippen molar-refractivity contribution in [3.8, 4) is 0 Å². The Labute approximate surface area is 99.7 Å². The predicted molar refractivity (Wildman–Crippen MR) is 61.7 cm³/mol. The molecule has 0 aliphatic carbocycles. The van der Waals surface area contributed by atoms with Gasteiger partial charge in [-0.05, 0) is 55.6 Å². The van der Waals surface area contributed by atoms with E-state index in [0.29, 0.717) is 0 Å². The molecule has 0 aromatic heterocycles. The minimum absolute atomic E-state index is 0.180. The fourth-order valence-electron chi connectivity index (χ4n) is 2.32. The molecule has 1 fully saturated rings. The summed E-state index contributed by atoms with van der Waals surface area (Å²) >= 11 is 0. The summed E-state index contributed by atoms with van der Waals surface area (Å²) in [6.45, 7) is 1.76. The van der Waals surface area contributed by atoms with Crippen molar-refractivity contribution in [2.24, 2.45) is 5.92 Å². The van der Waals surface area contributed by atoms with Crippen LogP contribution in [0.15, 0.2) is 18.2 Å². The van der Waals surface area contributed by atoms with Crippen LogP contribution in [0.4, 0.5) is 8.78 Å². The Morgan fingerprint density at radius 1 is 1.29 bits per heavy atom. The van der Waals surface area contributed by atoms with Crippen molar-refractivity contribution in [1.82, 2.24) is 5.32 Å². The molecule has 94 valence electrons. The number of aliphatic hydroxyl groups excluding tert-OH is 1. The van der Waals surface area contributed by atoms with Crippen molar-refractivity contribution in [3.05, 3.63) is 35.4 Å². The molecule has 0 amide bonds. The zero-order valence-corrected chi connectivity index (χ0v) is 9.63. The fourth-order valence-corrected chi connectivity index (χ4v) is 2.32. The topological polar surface area (TPSA) is 32.3 Å². The van der Waals surface area contributed by atoms with Gasteiger partial charge in [-0.3, -0.25) is 0 Å². The second-order valence-electron chi connectivity index (χ2n) is 4.59. The molecule has 0 saturated carbocycles. The van der Waals surface area contributed by atoms with Gasteiger partial charge in [-0.1, -0.05) is 0 Å². The molecule has 0 bridgehead atoms. The zero-order valence-electron chi connectivity index (χ0n) is 9.63. The summed E-state index contributed by atoms with van der Waals surface area (Å²) in [6, 6.07) is 3.37. The van der Waals surface area contributed by atoms with Gasteiger partial charge in [-0.15, -0.1) is 0 Å². The van der Waals surface area contributed by atoms with Crippen LogP contribution in [0.2, 0.25) is 0 Å². The molecule has 0 radical (unpaired) electrons. The lowest BCUT2D eigenvalue weighted by molar-refractivity contribution is 0.0882. The Morgan fingerprint density at radius 2 is 2.00 bits per heavy atom. The van der Waals surface area contributed by atoms with E-state index in [1.165, 1.54) is 6.07 Å². The average Bonchev–Trinajstić information content (AvgIpc) is 2.35. The van der Waals surface area contributed by atoms with Gasteiger partial charge in [0.05, 0.1) is 6.10 Å². The molecule has 1 aromatic carbocycles. The third kappa shape index (κ3) is 3.23. The first-order valence-electron chi connectivity index (χ1n) is 5.99.